The van der Waals surface area contributed by atoms with Crippen LogP contribution in [0.2, 0.25) is 0 Å². The summed E-state index contributed by atoms with van der Waals surface area (Å²) in [5, 5.41) is 14.6. The van der Waals surface area contributed by atoms with Crippen LogP contribution in [0, 0.1) is 11.3 Å². The van der Waals surface area contributed by atoms with Gasteiger partial charge in [0.25, 0.3) is 5.91 Å². The number of rotatable bonds is 5. The summed E-state index contributed by atoms with van der Waals surface area (Å²) < 4.78 is 0. The quantitative estimate of drug-likeness (QED) is 0.641. The molecule has 2 aromatic carbocycles. The number of nitrogens with one attached hydrogen (secondary N) is 2. The second-order valence-electron chi connectivity index (χ2n) is 5.87. The van der Waals surface area contributed by atoms with Gasteiger partial charge < -0.3 is 15.5 Å². The average molecular weight is 348 g/mol. The SMILES string of the molecule is CC(=O)Nc1ccc(NC(=O)/C(C#N)=C/c2ccc(N(C)C)cc2)cc1. The van der Waals surface area contributed by atoms with E-state index in [0.29, 0.717) is 11.4 Å². The Morgan fingerprint density at radius 2 is 1.50 bits per heavy atom. The highest BCUT2D eigenvalue weighted by Crippen LogP contribution is 2.17. The van der Waals surface area contributed by atoms with Crippen molar-refractivity contribution in [1.29, 1.82) is 5.26 Å². The fourth-order valence-corrected chi connectivity index (χ4v) is 2.22. The molecule has 6 heteroatoms. The van der Waals surface area contributed by atoms with Crippen LogP contribution in [0.3, 0.4) is 0 Å². The molecular weight excluding hydrogens is 328 g/mol. The van der Waals surface area contributed by atoms with Crippen molar-refractivity contribution in [2.45, 2.75) is 6.92 Å². The standard InChI is InChI=1S/C20H20N4O2/c1-14(25)22-17-6-8-18(9-7-17)23-20(26)16(13-21)12-15-4-10-19(11-5-15)24(2)3/h4-12H,1-3H3,(H,22,25)(H,23,26)/b16-12+. The van der Waals surface area contributed by atoms with E-state index >= 15 is 0 Å². The fraction of sp³-hybridized carbons (Fsp3) is 0.150. The van der Waals surface area contributed by atoms with E-state index in [4.69, 9.17) is 0 Å². The van der Waals surface area contributed by atoms with Gasteiger partial charge in [0.15, 0.2) is 0 Å². The van der Waals surface area contributed by atoms with Gasteiger partial charge in [-0.05, 0) is 48.0 Å². The maximum absolute atomic E-state index is 12.3. The molecule has 2 N–H and O–H groups in total. The Balaban J connectivity index is 2.10. The molecule has 2 rings (SSSR count). The highest BCUT2D eigenvalue weighted by Gasteiger charge is 2.10. The van der Waals surface area contributed by atoms with E-state index < -0.39 is 5.91 Å². The van der Waals surface area contributed by atoms with Gasteiger partial charge in [-0.15, -0.1) is 0 Å². The molecule has 0 aliphatic heterocycles. The lowest BCUT2D eigenvalue weighted by atomic mass is 10.1. The van der Waals surface area contributed by atoms with E-state index in [1.165, 1.54) is 6.92 Å². The predicted octanol–water partition coefficient (Wildman–Crippen LogP) is 3.26. The van der Waals surface area contributed by atoms with Crippen molar-refractivity contribution in [3.05, 3.63) is 59.7 Å². The minimum Gasteiger partial charge on any atom is -0.378 e. The highest BCUT2D eigenvalue weighted by molar-refractivity contribution is 6.09. The molecule has 2 aromatic rings. The van der Waals surface area contributed by atoms with Crippen LogP contribution in [0.5, 0.6) is 0 Å². The van der Waals surface area contributed by atoms with Crippen LogP contribution in [0.1, 0.15) is 12.5 Å². The van der Waals surface area contributed by atoms with Gasteiger partial charge in [-0.3, -0.25) is 9.59 Å². The third-order valence-corrected chi connectivity index (χ3v) is 3.55. The number of anilines is 3. The second kappa shape index (κ2) is 8.49. The molecule has 0 fully saturated rings. The molecule has 0 saturated heterocycles. The summed E-state index contributed by atoms with van der Waals surface area (Å²) in [4.78, 5) is 25.3. The van der Waals surface area contributed by atoms with Crippen molar-refractivity contribution < 1.29 is 9.59 Å². The Hall–Kier alpha value is -3.59. The van der Waals surface area contributed by atoms with Crippen LogP contribution in [0.25, 0.3) is 6.08 Å². The number of hydrogen-bond acceptors (Lipinski definition) is 4. The molecule has 0 heterocycles. The smallest absolute Gasteiger partial charge is 0.266 e. The van der Waals surface area contributed by atoms with E-state index in [2.05, 4.69) is 10.6 Å². The van der Waals surface area contributed by atoms with Gasteiger partial charge in [-0.2, -0.15) is 5.26 Å². The van der Waals surface area contributed by atoms with Gasteiger partial charge in [0, 0.05) is 38.1 Å². The topological polar surface area (TPSA) is 85.2 Å². The lowest BCUT2D eigenvalue weighted by Crippen LogP contribution is -2.13. The van der Waals surface area contributed by atoms with Crippen LogP contribution >= 0.6 is 0 Å². The summed E-state index contributed by atoms with van der Waals surface area (Å²) in [7, 11) is 3.88. The van der Waals surface area contributed by atoms with Crippen molar-refractivity contribution in [1.82, 2.24) is 0 Å². The Kier molecular flexibility index (Phi) is 6.12. The molecule has 132 valence electrons. The van der Waals surface area contributed by atoms with Gasteiger partial charge in [0.05, 0.1) is 0 Å². The van der Waals surface area contributed by atoms with Gasteiger partial charge in [0.1, 0.15) is 11.6 Å². The summed E-state index contributed by atoms with van der Waals surface area (Å²) in [5.74, 6) is -0.659. The van der Waals surface area contributed by atoms with Crippen LogP contribution < -0.4 is 15.5 Å². The number of nitriles is 1. The summed E-state index contributed by atoms with van der Waals surface area (Å²) in [6.45, 7) is 1.42. The maximum atomic E-state index is 12.3. The van der Waals surface area contributed by atoms with Crippen LogP contribution in [-0.4, -0.2) is 25.9 Å². The number of hydrogen-bond donors (Lipinski definition) is 2. The Morgan fingerprint density at radius 3 is 1.96 bits per heavy atom. The predicted molar refractivity (Wildman–Crippen MR) is 104 cm³/mol. The first-order chi connectivity index (χ1) is 12.4. The van der Waals surface area contributed by atoms with Crippen molar-refractivity contribution >= 4 is 35.0 Å². The van der Waals surface area contributed by atoms with Gasteiger partial charge in [0.2, 0.25) is 5.91 Å². The van der Waals surface area contributed by atoms with Gasteiger partial charge in [-0.25, -0.2) is 0 Å². The number of benzene rings is 2. The van der Waals surface area contributed by atoms with Crippen LogP contribution in [-0.2, 0) is 9.59 Å². The normalized spacial score (nSPS) is 10.6. The summed E-state index contributed by atoms with van der Waals surface area (Å²) in [6, 6.07) is 16.1. The van der Waals surface area contributed by atoms with E-state index in [-0.39, 0.29) is 11.5 Å². The largest absolute Gasteiger partial charge is 0.378 e. The van der Waals surface area contributed by atoms with Crippen LogP contribution in [0.15, 0.2) is 54.1 Å². The minimum atomic E-state index is -0.489. The number of carbonyl (C=O) groups excluding carboxylic acids is 2. The van der Waals surface area contributed by atoms with E-state index in [0.717, 1.165) is 11.3 Å². The fourth-order valence-electron chi connectivity index (χ4n) is 2.22. The van der Waals surface area contributed by atoms with Crippen molar-refractivity contribution in [2.75, 3.05) is 29.6 Å². The summed E-state index contributed by atoms with van der Waals surface area (Å²) in [6.07, 6.45) is 1.54. The Labute approximate surface area is 152 Å². The Morgan fingerprint density at radius 1 is 0.962 bits per heavy atom. The molecule has 0 atom stereocenters. The number of amides is 2. The van der Waals surface area contributed by atoms with Crippen molar-refractivity contribution in [3.63, 3.8) is 0 Å². The minimum absolute atomic E-state index is 0.00791. The molecule has 0 aliphatic rings. The van der Waals surface area contributed by atoms with Gasteiger partial charge in [-0.1, -0.05) is 12.1 Å². The molecule has 0 unspecified atom stereocenters. The molecular formula is C20H20N4O2. The zero-order valence-electron chi connectivity index (χ0n) is 14.9. The van der Waals surface area contributed by atoms with Crippen LogP contribution in [0.4, 0.5) is 17.1 Å². The number of nitrogens with zero attached hydrogens (tertiary/aromatic N) is 2. The molecule has 0 aromatic heterocycles. The number of carbonyl (C=O) groups is 2. The van der Waals surface area contributed by atoms with E-state index in [9.17, 15) is 14.9 Å². The molecule has 2 amide bonds. The van der Waals surface area contributed by atoms with Crippen molar-refractivity contribution in [3.8, 4) is 6.07 Å². The molecule has 26 heavy (non-hydrogen) atoms. The van der Waals surface area contributed by atoms with Gasteiger partial charge >= 0.3 is 0 Å². The molecule has 0 saturated carbocycles. The molecule has 6 nitrogen and oxygen atoms in total. The summed E-state index contributed by atoms with van der Waals surface area (Å²) in [5.41, 5.74) is 2.97. The highest BCUT2D eigenvalue weighted by atomic mass is 16.2. The monoisotopic (exact) mass is 348 g/mol. The first kappa shape index (κ1) is 18.7. The van der Waals surface area contributed by atoms with Crippen molar-refractivity contribution in [2.24, 2.45) is 0 Å². The molecule has 0 aliphatic carbocycles. The second-order valence-corrected chi connectivity index (χ2v) is 5.87. The zero-order valence-corrected chi connectivity index (χ0v) is 14.9. The maximum Gasteiger partial charge on any atom is 0.266 e. The third kappa shape index (κ3) is 5.21. The first-order valence-electron chi connectivity index (χ1n) is 7.97. The summed E-state index contributed by atoms with van der Waals surface area (Å²) >= 11 is 0. The zero-order chi connectivity index (χ0) is 19.1. The van der Waals surface area contributed by atoms with E-state index in [1.807, 2.05) is 49.3 Å². The lowest BCUT2D eigenvalue weighted by molar-refractivity contribution is -0.114. The molecule has 0 radical (unpaired) electrons. The molecule has 0 bridgehead atoms. The average Bonchev–Trinajstić information content (AvgIpc) is 2.61. The first-order valence-corrected chi connectivity index (χ1v) is 7.97. The Bertz CT molecular complexity index is 860. The van der Waals surface area contributed by atoms with E-state index in [1.54, 1.807) is 30.3 Å². The lowest BCUT2D eigenvalue weighted by Gasteiger charge is -2.12. The molecule has 0 spiro atoms. The third-order valence-electron chi connectivity index (χ3n) is 3.55.